The molecule has 0 aliphatic heterocycles. The van der Waals surface area contributed by atoms with Gasteiger partial charge < -0.3 is 9.47 Å². The van der Waals surface area contributed by atoms with Gasteiger partial charge in [-0.05, 0) is 34.1 Å². The molecule has 0 radical (unpaired) electrons. The summed E-state index contributed by atoms with van der Waals surface area (Å²) in [6, 6.07) is 0. The number of hydroxylamine groups is 1. The van der Waals surface area contributed by atoms with Crippen molar-refractivity contribution in [2.24, 2.45) is 0 Å². The Bertz CT molecular complexity index is 285. The summed E-state index contributed by atoms with van der Waals surface area (Å²) in [7, 11) is 0. The van der Waals surface area contributed by atoms with Crippen LogP contribution in [0.2, 0.25) is 0 Å². The van der Waals surface area contributed by atoms with Crippen LogP contribution in [0.5, 0.6) is 0 Å². The molecule has 6 nitrogen and oxygen atoms in total. The maximum atomic E-state index is 11.6. The van der Waals surface area contributed by atoms with Crippen LogP contribution in [0.3, 0.4) is 0 Å². The number of unbranched alkanes of at least 4 members (excludes halogenated alkanes) is 1. The highest BCUT2D eigenvalue weighted by Gasteiger charge is 2.23. The first kappa shape index (κ1) is 17.7. The molecule has 0 aliphatic rings. The summed E-state index contributed by atoms with van der Waals surface area (Å²) in [5.74, 6) is -0.480. The molecule has 0 saturated heterocycles. The molecule has 0 aromatic carbocycles. The van der Waals surface area contributed by atoms with E-state index in [1.54, 1.807) is 27.7 Å². The minimum Gasteiger partial charge on any atom is -0.464 e. The molecule has 19 heavy (non-hydrogen) atoms. The largest absolute Gasteiger partial charge is 0.464 e. The lowest BCUT2D eigenvalue weighted by atomic mass is 10.2. The van der Waals surface area contributed by atoms with E-state index in [0.29, 0.717) is 6.42 Å². The molecule has 6 heteroatoms. The van der Waals surface area contributed by atoms with Crippen molar-refractivity contribution in [3.63, 3.8) is 0 Å². The average molecular weight is 275 g/mol. The molecule has 0 fully saturated rings. The summed E-state index contributed by atoms with van der Waals surface area (Å²) in [5.41, 5.74) is 1.51. The van der Waals surface area contributed by atoms with Crippen LogP contribution in [0.4, 0.5) is 4.79 Å². The molecule has 0 aliphatic carbocycles. The lowest BCUT2D eigenvalue weighted by Crippen LogP contribution is -2.38. The molecular formula is C13H25NO5. The van der Waals surface area contributed by atoms with Gasteiger partial charge in [0, 0.05) is 0 Å². The molecule has 1 atom stereocenters. The van der Waals surface area contributed by atoms with E-state index >= 15 is 0 Å². The Hall–Kier alpha value is -1.30. The van der Waals surface area contributed by atoms with Gasteiger partial charge in [0.2, 0.25) is 0 Å². The Morgan fingerprint density at radius 1 is 1.21 bits per heavy atom. The predicted molar refractivity (Wildman–Crippen MR) is 70.4 cm³/mol. The zero-order valence-corrected chi connectivity index (χ0v) is 12.4. The van der Waals surface area contributed by atoms with Gasteiger partial charge in [-0.3, -0.25) is 4.84 Å². The third kappa shape index (κ3) is 9.30. The van der Waals surface area contributed by atoms with Crippen LogP contribution in [-0.4, -0.2) is 30.4 Å². The SMILES string of the molecule is CCCCC(ONC(=O)OC(C)(C)C)C(=O)OCC. The number of hydrogen-bond donors (Lipinski definition) is 1. The van der Waals surface area contributed by atoms with Crippen molar-refractivity contribution in [1.29, 1.82) is 0 Å². The molecule has 1 N–H and O–H groups in total. The van der Waals surface area contributed by atoms with E-state index in [-0.39, 0.29) is 6.61 Å². The number of ether oxygens (including phenoxy) is 2. The van der Waals surface area contributed by atoms with Gasteiger partial charge in [0.1, 0.15) is 5.60 Å². The standard InChI is InChI=1S/C13H25NO5/c1-6-8-9-10(11(15)17-7-2)19-14-12(16)18-13(3,4)5/h10H,6-9H2,1-5H3,(H,14,16). The van der Waals surface area contributed by atoms with E-state index in [9.17, 15) is 9.59 Å². The number of carbonyl (C=O) groups excluding carboxylic acids is 2. The van der Waals surface area contributed by atoms with Crippen molar-refractivity contribution in [2.45, 2.75) is 65.6 Å². The third-order valence-corrected chi connectivity index (χ3v) is 2.05. The van der Waals surface area contributed by atoms with Crippen molar-refractivity contribution < 1.29 is 23.9 Å². The van der Waals surface area contributed by atoms with Gasteiger partial charge in [0.15, 0.2) is 6.10 Å². The van der Waals surface area contributed by atoms with Gasteiger partial charge >= 0.3 is 12.1 Å². The topological polar surface area (TPSA) is 73.9 Å². The van der Waals surface area contributed by atoms with E-state index in [0.717, 1.165) is 12.8 Å². The molecule has 0 heterocycles. The highest BCUT2D eigenvalue weighted by Crippen LogP contribution is 2.09. The van der Waals surface area contributed by atoms with E-state index in [1.807, 2.05) is 6.92 Å². The molecule has 0 rings (SSSR count). The van der Waals surface area contributed by atoms with Crippen molar-refractivity contribution in [2.75, 3.05) is 6.61 Å². The Labute approximate surface area is 114 Å². The molecule has 0 aromatic heterocycles. The normalized spacial score (nSPS) is 12.7. The van der Waals surface area contributed by atoms with Crippen LogP contribution >= 0.6 is 0 Å². The Balaban J connectivity index is 4.24. The smallest absolute Gasteiger partial charge is 0.431 e. The summed E-state index contributed by atoms with van der Waals surface area (Å²) in [4.78, 5) is 28.1. The maximum absolute atomic E-state index is 11.6. The number of carbonyl (C=O) groups is 2. The second kappa shape index (κ2) is 8.74. The highest BCUT2D eigenvalue weighted by atomic mass is 16.7. The fourth-order valence-corrected chi connectivity index (χ4v) is 1.27. The Kier molecular flexibility index (Phi) is 8.14. The second-order valence-corrected chi connectivity index (χ2v) is 5.10. The lowest BCUT2D eigenvalue weighted by Gasteiger charge is -2.21. The molecule has 1 unspecified atom stereocenters. The van der Waals surface area contributed by atoms with Gasteiger partial charge in [-0.15, -0.1) is 0 Å². The zero-order valence-electron chi connectivity index (χ0n) is 12.4. The monoisotopic (exact) mass is 275 g/mol. The zero-order chi connectivity index (χ0) is 14.9. The van der Waals surface area contributed by atoms with Crippen molar-refractivity contribution >= 4 is 12.1 Å². The Morgan fingerprint density at radius 3 is 2.32 bits per heavy atom. The third-order valence-electron chi connectivity index (χ3n) is 2.05. The van der Waals surface area contributed by atoms with E-state index in [1.165, 1.54) is 0 Å². The number of hydrogen-bond acceptors (Lipinski definition) is 5. The number of rotatable bonds is 7. The quantitative estimate of drug-likeness (QED) is 0.571. The second-order valence-electron chi connectivity index (χ2n) is 5.10. The van der Waals surface area contributed by atoms with Crippen molar-refractivity contribution in [1.82, 2.24) is 5.48 Å². The first-order valence-electron chi connectivity index (χ1n) is 6.61. The van der Waals surface area contributed by atoms with Gasteiger partial charge in [-0.1, -0.05) is 19.8 Å². The lowest BCUT2D eigenvalue weighted by molar-refractivity contribution is -0.162. The molecule has 0 bridgehead atoms. The molecule has 0 aromatic rings. The molecule has 0 spiro atoms. The summed E-state index contributed by atoms with van der Waals surface area (Å²) in [6.45, 7) is 9.22. The van der Waals surface area contributed by atoms with Crippen LogP contribution in [0, 0.1) is 0 Å². The van der Waals surface area contributed by atoms with E-state index in [2.05, 4.69) is 5.48 Å². The van der Waals surface area contributed by atoms with Crippen molar-refractivity contribution in [3.05, 3.63) is 0 Å². The van der Waals surface area contributed by atoms with Crippen LogP contribution in [-0.2, 0) is 19.1 Å². The molecule has 112 valence electrons. The molecule has 0 saturated carbocycles. The fourth-order valence-electron chi connectivity index (χ4n) is 1.27. The van der Waals surface area contributed by atoms with Crippen molar-refractivity contribution in [3.8, 4) is 0 Å². The maximum Gasteiger partial charge on any atom is 0.431 e. The average Bonchev–Trinajstić information content (AvgIpc) is 2.27. The summed E-state index contributed by atoms with van der Waals surface area (Å²) in [5, 5.41) is 0. The minimum atomic E-state index is -0.799. The van der Waals surface area contributed by atoms with Crippen LogP contribution < -0.4 is 5.48 Å². The summed E-state index contributed by atoms with van der Waals surface area (Å²) < 4.78 is 9.88. The Morgan fingerprint density at radius 2 is 1.84 bits per heavy atom. The number of amides is 1. The highest BCUT2D eigenvalue weighted by molar-refractivity contribution is 5.75. The van der Waals surface area contributed by atoms with E-state index < -0.39 is 23.8 Å². The van der Waals surface area contributed by atoms with Crippen LogP contribution in [0.25, 0.3) is 0 Å². The first-order valence-corrected chi connectivity index (χ1v) is 6.61. The number of esters is 1. The van der Waals surface area contributed by atoms with Crippen LogP contribution in [0.1, 0.15) is 53.9 Å². The minimum absolute atomic E-state index is 0.275. The van der Waals surface area contributed by atoms with Gasteiger partial charge in [-0.25, -0.2) is 9.59 Å². The summed E-state index contributed by atoms with van der Waals surface area (Å²) >= 11 is 0. The summed E-state index contributed by atoms with van der Waals surface area (Å²) in [6.07, 6.45) is 0.696. The van der Waals surface area contributed by atoms with E-state index in [4.69, 9.17) is 14.3 Å². The van der Waals surface area contributed by atoms with Gasteiger partial charge in [-0.2, -0.15) is 5.48 Å². The number of nitrogens with one attached hydrogen (secondary N) is 1. The molecular weight excluding hydrogens is 250 g/mol. The van der Waals surface area contributed by atoms with Gasteiger partial charge in [0.05, 0.1) is 6.61 Å². The predicted octanol–water partition coefficient (Wildman–Crippen LogP) is 2.56. The fraction of sp³-hybridized carbons (Fsp3) is 0.846. The molecule has 1 amide bonds. The van der Waals surface area contributed by atoms with Gasteiger partial charge in [0.25, 0.3) is 0 Å². The van der Waals surface area contributed by atoms with Crippen LogP contribution in [0.15, 0.2) is 0 Å². The first-order chi connectivity index (χ1) is 8.80.